The number of hydrogen-bond donors (Lipinski definition) is 1. The maximum atomic E-state index is 11.0. The Labute approximate surface area is 100 Å². The van der Waals surface area contributed by atoms with E-state index in [1.165, 1.54) is 0 Å². The molecule has 17 heavy (non-hydrogen) atoms. The quantitative estimate of drug-likeness (QED) is 0.863. The van der Waals surface area contributed by atoms with Gasteiger partial charge in [0.2, 0.25) is 5.91 Å². The lowest BCUT2D eigenvalue weighted by Crippen LogP contribution is -2.32. The van der Waals surface area contributed by atoms with Gasteiger partial charge in [-0.2, -0.15) is 0 Å². The van der Waals surface area contributed by atoms with Gasteiger partial charge in [0.1, 0.15) is 5.60 Å². The summed E-state index contributed by atoms with van der Waals surface area (Å²) in [5.41, 5.74) is 6.58. The molecule has 1 amide bonds. The van der Waals surface area contributed by atoms with Gasteiger partial charge >= 0.3 is 0 Å². The highest BCUT2D eigenvalue weighted by Gasteiger charge is 2.42. The summed E-state index contributed by atoms with van der Waals surface area (Å²) >= 11 is 0. The second-order valence-corrected chi connectivity index (χ2v) is 4.76. The van der Waals surface area contributed by atoms with Gasteiger partial charge in [0.05, 0.1) is 18.1 Å². The van der Waals surface area contributed by atoms with Gasteiger partial charge in [-0.1, -0.05) is 35.5 Å². The van der Waals surface area contributed by atoms with Crippen LogP contribution in [0.1, 0.15) is 31.7 Å². The van der Waals surface area contributed by atoms with Gasteiger partial charge in [0, 0.05) is 0 Å². The summed E-state index contributed by atoms with van der Waals surface area (Å²) in [5.74, 6) is -0.401. The van der Waals surface area contributed by atoms with Crippen LogP contribution in [0, 0.1) is 0 Å². The summed E-state index contributed by atoms with van der Waals surface area (Å²) in [6.07, 6.45) is 0.142. The molecule has 0 spiro atoms. The van der Waals surface area contributed by atoms with Crippen molar-refractivity contribution in [3.8, 4) is 0 Å². The van der Waals surface area contributed by atoms with E-state index in [2.05, 4.69) is 5.16 Å². The van der Waals surface area contributed by atoms with E-state index < -0.39 is 5.60 Å². The summed E-state index contributed by atoms with van der Waals surface area (Å²) in [6, 6.07) is 9.91. The first kappa shape index (κ1) is 11.6. The zero-order valence-electron chi connectivity index (χ0n) is 10.0. The molecule has 0 aromatic heterocycles. The maximum Gasteiger partial charge on any atom is 0.223 e. The van der Waals surface area contributed by atoms with Crippen molar-refractivity contribution in [1.82, 2.24) is 0 Å². The Bertz CT molecular complexity index is 452. The number of benzene rings is 1. The molecule has 4 heteroatoms. The van der Waals surface area contributed by atoms with Crippen LogP contribution in [0.2, 0.25) is 0 Å². The molecular weight excluding hydrogens is 216 g/mol. The summed E-state index contributed by atoms with van der Waals surface area (Å²) < 4.78 is 0. The van der Waals surface area contributed by atoms with Crippen LogP contribution >= 0.6 is 0 Å². The van der Waals surface area contributed by atoms with Crippen molar-refractivity contribution < 1.29 is 9.63 Å². The molecule has 2 N–H and O–H groups in total. The lowest BCUT2D eigenvalue weighted by atomic mass is 9.81. The molecule has 0 bridgehead atoms. The molecule has 0 aliphatic carbocycles. The van der Waals surface area contributed by atoms with Gasteiger partial charge < -0.3 is 10.6 Å². The monoisotopic (exact) mass is 232 g/mol. The van der Waals surface area contributed by atoms with Crippen LogP contribution in [0.3, 0.4) is 0 Å². The lowest BCUT2D eigenvalue weighted by molar-refractivity contribution is -0.116. The van der Waals surface area contributed by atoms with Crippen molar-refractivity contribution in [3.05, 3.63) is 35.9 Å². The third-order valence-corrected chi connectivity index (χ3v) is 2.91. The van der Waals surface area contributed by atoms with Crippen LogP contribution < -0.4 is 5.73 Å². The highest BCUT2D eigenvalue weighted by Crippen LogP contribution is 2.38. The number of oxime groups is 1. The van der Waals surface area contributed by atoms with E-state index in [9.17, 15) is 4.79 Å². The van der Waals surface area contributed by atoms with E-state index in [1.54, 1.807) is 0 Å². The fourth-order valence-electron chi connectivity index (χ4n) is 2.24. The minimum atomic E-state index is -0.438. The Balaban J connectivity index is 2.33. The Morgan fingerprint density at radius 1 is 1.41 bits per heavy atom. The van der Waals surface area contributed by atoms with E-state index in [4.69, 9.17) is 10.6 Å². The van der Waals surface area contributed by atoms with E-state index in [0.717, 1.165) is 5.56 Å². The molecule has 0 saturated carbocycles. The predicted molar refractivity (Wildman–Crippen MR) is 65.6 cm³/mol. The lowest BCUT2D eigenvalue weighted by Gasteiger charge is -2.25. The first-order chi connectivity index (χ1) is 8.00. The number of hydrogen-bond acceptors (Lipinski definition) is 3. The van der Waals surface area contributed by atoms with E-state index >= 15 is 0 Å². The average Bonchev–Trinajstić information content (AvgIpc) is 2.54. The topological polar surface area (TPSA) is 64.7 Å². The summed E-state index contributed by atoms with van der Waals surface area (Å²) in [4.78, 5) is 16.4. The highest BCUT2D eigenvalue weighted by atomic mass is 16.7. The fraction of sp³-hybridized carbons (Fsp3) is 0.385. The van der Waals surface area contributed by atoms with Gasteiger partial charge in [0.25, 0.3) is 0 Å². The first-order valence-electron chi connectivity index (χ1n) is 5.59. The number of carbonyl (C=O) groups excluding carboxylic acids is 1. The number of nitrogens with zero attached hydrogens (tertiary/aromatic N) is 1. The largest absolute Gasteiger partial charge is 0.389 e. The Hall–Kier alpha value is -1.84. The van der Waals surface area contributed by atoms with Gasteiger partial charge in [-0.15, -0.1) is 0 Å². The SMILES string of the molecule is CC1(C)ON=C(CC(N)=O)C1c1ccccc1. The van der Waals surface area contributed by atoms with Crippen molar-refractivity contribution in [2.75, 3.05) is 0 Å². The van der Waals surface area contributed by atoms with Gasteiger partial charge in [-0.05, 0) is 19.4 Å². The van der Waals surface area contributed by atoms with E-state index in [0.29, 0.717) is 5.71 Å². The molecule has 1 atom stereocenters. The van der Waals surface area contributed by atoms with Crippen LogP contribution in [0.4, 0.5) is 0 Å². The molecule has 1 aliphatic heterocycles. The minimum absolute atomic E-state index is 0.0174. The van der Waals surface area contributed by atoms with Crippen molar-refractivity contribution in [2.45, 2.75) is 31.8 Å². The van der Waals surface area contributed by atoms with E-state index in [1.807, 2.05) is 44.2 Å². The highest BCUT2D eigenvalue weighted by molar-refractivity contribution is 6.04. The zero-order valence-corrected chi connectivity index (χ0v) is 10.0. The molecule has 0 fully saturated rings. The second kappa shape index (κ2) is 4.20. The standard InChI is InChI=1S/C13H16N2O2/c1-13(2)12(9-6-4-3-5-7-9)10(15-17-13)8-11(14)16/h3-7,12H,8H2,1-2H3,(H2,14,16). The maximum absolute atomic E-state index is 11.0. The molecule has 1 aromatic rings. The Morgan fingerprint density at radius 2 is 2.06 bits per heavy atom. The smallest absolute Gasteiger partial charge is 0.223 e. The Morgan fingerprint density at radius 3 is 2.65 bits per heavy atom. The van der Waals surface area contributed by atoms with Crippen LogP contribution in [0.25, 0.3) is 0 Å². The van der Waals surface area contributed by atoms with Crippen molar-refractivity contribution in [1.29, 1.82) is 0 Å². The number of rotatable bonds is 3. The van der Waals surface area contributed by atoms with Crippen LogP contribution in [-0.4, -0.2) is 17.2 Å². The number of carbonyl (C=O) groups is 1. The van der Waals surface area contributed by atoms with E-state index in [-0.39, 0.29) is 18.2 Å². The summed E-state index contributed by atoms with van der Waals surface area (Å²) in [5, 5.41) is 4.00. The molecule has 4 nitrogen and oxygen atoms in total. The molecule has 1 heterocycles. The van der Waals surface area contributed by atoms with Crippen molar-refractivity contribution in [3.63, 3.8) is 0 Å². The van der Waals surface area contributed by atoms with Crippen molar-refractivity contribution >= 4 is 11.6 Å². The zero-order chi connectivity index (χ0) is 12.5. The third kappa shape index (κ3) is 2.30. The normalized spacial score (nSPS) is 21.8. The first-order valence-corrected chi connectivity index (χ1v) is 5.59. The molecule has 0 saturated heterocycles. The fourth-order valence-corrected chi connectivity index (χ4v) is 2.24. The minimum Gasteiger partial charge on any atom is -0.389 e. The molecular formula is C13H16N2O2. The molecule has 1 aromatic carbocycles. The summed E-state index contributed by atoms with van der Waals surface area (Å²) in [6.45, 7) is 3.92. The predicted octanol–water partition coefficient (Wildman–Crippen LogP) is 1.81. The Kier molecular flexibility index (Phi) is 2.88. The van der Waals surface area contributed by atoms with Crippen LogP contribution in [0.15, 0.2) is 35.5 Å². The second-order valence-electron chi connectivity index (χ2n) is 4.76. The van der Waals surface area contributed by atoms with Crippen LogP contribution in [-0.2, 0) is 9.63 Å². The van der Waals surface area contributed by atoms with Gasteiger partial charge in [-0.3, -0.25) is 4.79 Å². The van der Waals surface area contributed by atoms with Crippen LogP contribution in [0.5, 0.6) is 0 Å². The number of primary amides is 1. The average molecular weight is 232 g/mol. The molecule has 90 valence electrons. The van der Waals surface area contributed by atoms with Crippen molar-refractivity contribution in [2.24, 2.45) is 10.9 Å². The molecule has 1 unspecified atom stereocenters. The number of amides is 1. The molecule has 1 aliphatic rings. The third-order valence-electron chi connectivity index (χ3n) is 2.91. The van der Waals surface area contributed by atoms with Gasteiger partial charge in [0.15, 0.2) is 0 Å². The molecule has 0 radical (unpaired) electrons. The van der Waals surface area contributed by atoms with Gasteiger partial charge in [-0.25, -0.2) is 0 Å². The summed E-state index contributed by atoms with van der Waals surface area (Å²) in [7, 11) is 0. The molecule has 2 rings (SSSR count). The number of nitrogens with two attached hydrogens (primary N) is 1.